The van der Waals surface area contributed by atoms with Gasteiger partial charge in [0.15, 0.2) is 0 Å². The quantitative estimate of drug-likeness (QED) is 0.479. The number of rotatable bonds is 6. The second kappa shape index (κ2) is 10.8. The summed E-state index contributed by atoms with van der Waals surface area (Å²) in [5.41, 5.74) is 5.32. The maximum Gasteiger partial charge on any atom is 0.322 e. The molecule has 0 saturated carbocycles. The van der Waals surface area contributed by atoms with Crippen LogP contribution < -0.4 is 5.32 Å². The molecule has 0 fully saturated rings. The van der Waals surface area contributed by atoms with E-state index in [1.54, 1.807) is 21.9 Å². The van der Waals surface area contributed by atoms with Gasteiger partial charge in [-0.1, -0.05) is 78.3 Å². The number of nitrogens with one attached hydrogen (secondary N) is 1. The van der Waals surface area contributed by atoms with Crippen LogP contribution in [0.2, 0.25) is 5.02 Å². The molecule has 3 aromatic carbocycles. The molecular formula is C32H31ClN4O3. The molecule has 0 radical (unpaired) electrons. The second-order valence-electron chi connectivity index (χ2n) is 10.5. The Bertz CT molecular complexity index is 1490. The van der Waals surface area contributed by atoms with E-state index >= 15 is 0 Å². The van der Waals surface area contributed by atoms with Gasteiger partial charge in [-0.05, 0) is 47.7 Å². The number of nitrogens with zero attached hydrogens (tertiary/aromatic N) is 3. The molecule has 3 aliphatic heterocycles. The van der Waals surface area contributed by atoms with Gasteiger partial charge in [-0.25, -0.2) is 4.79 Å². The predicted octanol–water partition coefficient (Wildman–Crippen LogP) is 4.72. The van der Waals surface area contributed by atoms with Gasteiger partial charge in [0.1, 0.15) is 6.04 Å². The zero-order valence-corrected chi connectivity index (χ0v) is 23.1. The van der Waals surface area contributed by atoms with Crippen molar-refractivity contribution in [3.05, 3.63) is 117 Å². The van der Waals surface area contributed by atoms with Crippen molar-refractivity contribution >= 4 is 29.4 Å². The van der Waals surface area contributed by atoms with E-state index in [9.17, 15) is 14.4 Å². The van der Waals surface area contributed by atoms with Crippen LogP contribution in [0.15, 0.2) is 90.1 Å². The van der Waals surface area contributed by atoms with Crippen LogP contribution in [-0.4, -0.2) is 58.2 Å². The van der Waals surface area contributed by atoms with Crippen molar-refractivity contribution in [1.82, 2.24) is 20.0 Å². The summed E-state index contributed by atoms with van der Waals surface area (Å²) in [6, 6.07) is 23.6. The summed E-state index contributed by atoms with van der Waals surface area (Å²) < 4.78 is 0. The number of amides is 4. The Balaban J connectivity index is 1.36. The summed E-state index contributed by atoms with van der Waals surface area (Å²) in [4.78, 5) is 46.8. The van der Waals surface area contributed by atoms with Gasteiger partial charge in [0.05, 0.1) is 23.9 Å². The van der Waals surface area contributed by atoms with Crippen LogP contribution in [0.1, 0.15) is 35.2 Å². The van der Waals surface area contributed by atoms with Gasteiger partial charge in [0, 0.05) is 31.1 Å². The van der Waals surface area contributed by atoms with Gasteiger partial charge >= 0.3 is 6.03 Å². The van der Waals surface area contributed by atoms with Crippen molar-refractivity contribution in [3.63, 3.8) is 0 Å². The molecule has 0 spiro atoms. The summed E-state index contributed by atoms with van der Waals surface area (Å²) >= 11 is 6.12. The van der Waals surface area contributed by atoms with Gasteiger partial charge < -0.3 is 15.1 Å². The number of hydrogen-bond donors (Lipinski definition) is 1. The fourth-order valence-corrected chi connectivity index (χ4v) is 6.19. The number of carbonyl (C=O) groups excluding carboxylic acids is 3. The molecule has 4 amide bonds. The number of fused-ring (bicyclic) bond motifs is 1. The van der Waals surface area contributed by atoms with Crippen molar-refractivity contribution in [2.75, 3.05) is 19.6 Å². The predicted molar refractivity (Wildman–Crippen MR) is 153 cm³/mol. The van der Waals surface area contributed by atoms with Crippen molar-refractivity contribution < 1.29 is 14.4 Å². The molecule has 0 aliphatic carbocycles. The van der Waals surface area contributed by atoms with E-state index in [4.69, 9.17) is 11.6 Å². The molecule has 8 heteroatoms. The molecule has 0 saturated heterocycles. The van der Waals surface area contributed by atoms with Crippen LogP contribution in [0.25, 0.3) is 0 Å². The Kier molecular flexibility index (Phi) is 7.07. The molecule has 3 aliphatic rings. The Morgan fingerprint density at radius 3 is 2.38 bits per heavy atom. The highest BCUT2D eigenvalue weighted by atomic mass is 35.5. The van der Waals surface area contributed by atoms with Crippen LogP contribution in [0.4, 0.5) is 4.79 Å². The lowest BCUT2D eigenvalue weighted by atomic mass is 9.95. The van der Waals surface area contributed by atoms with Crippen molar-refractivity contribution in [2.24, 2.45) is 0 Å². The van der Waals surface area contributed by atoms with Crippen molar-refractivity contribution in [1.29, 1.82) is 0 Å². The molecule has 3 heterocycles. The highest BCUT2D eigenvalue weighted by Crippen LogP contribution is 2.38. The van der Waals surface area contributed by atoms with E-state index in [1.807, 2.05) is 66.4 Å². The van der Waals surface area contributed by atoms with Crippen LogP contribution in [0.5, 0.6) is 0 Å². The number of benzene rings is 3. The zero-order chi connectivity index (χ0) is 27.8. The standard InChI is InChI=1S/C32H31ClN4O3/c1-2-36-27-20-37(31(39)28(27)29(34-32(36)40)23-12-14-25(33)15-13-23)26(18-21-8-4-3-5-9-21)30(38)35-17-16-22-10-6-7-11-24(22)19-35/h3-15,26,29H,2,16-20H2,1H3,(H,34,40)/t26-,29-/m1/s1. The lowest BCUT2D eigenvalue weighted by molar-refractivity contribution is -0.143. The summed E-state index contributed by atoms with van der Waals surface area (Å²) in [5, 5.41) is 3.59. The SMILES string of the molecule is CCN1C(=O)N[C@H](c2ccc(Cl)cc2)C2=C1CN([C@H](Cc1ccccc1)C(=O)N1CCc3ccccc3C1)C2=O. The lowest BCUT2D eigenvalue weighted by Crippen LogP contribution is -2.52. The van der Waals surface area contributed by atoms with E-state index in [2.05, 4.69) is 17.4 Å². The molecule has 6 rings (SSSR count). The molecule has 40 heavy (non-hydrogen) atoms. The summed E-state index contributed by atoms with van der Waals surface area (Å²) in [5.74, 6) is -0.294. The minimum Gasteiger partial charge on any atom is -0.336 e. The molecule has 0 unspecified atom stereocenters. The average molecular weight is 555 g/mol. The first-order chi connectivity index (χ1) is 19.4. The first-order valence-corrected chi connectivity index (χ1v) is 14.1. The van der Waals surface area contributed by atoms with Gasteiger partial charge in [0.2, 0.25) is 5.91 Å². The summed E-state index contributed by atoms with van der Waals surface area (Å²) in [7, 11) is 0. The smallest absolute Gasteiger partial charge is 0.322 e. The van der Waals surface area contributed by atoms with Gasteiger partial charge in [0.25, 0.3) is 5.91 Å². The molecule has 3 aromatic rings. The fourth-order valence-electron chi connectivity index (χ4n) is 6.07. The van der Waals surface area contributed by atoms with Crippen molar-refractivity contribution in [2.45, 2.75) is 38.4 Å². The van der Waals surface area contributed by atoms with Crippen LogP contribution in [0.3, 0.4) is 0 Å². The average Bonchev–Trinajstić information content (AvgIpc) is 3.32. The molecule has 1 N–H and O–H groups in total. The summed E-state index contributed by atoms with van der Waals surface area (Å²) in [6.45, 7) is 3.62. The van der Waals surface area contributed by atoms with Crippen LogP contribution >= 0.6 is 11.6 Å². The maximum absolute atomic E-state index is 14.3. The monoisotopic (exact) mass is 554 g/mol. The van der Waals surface area contributed by atoms with E-state index in [0.29, 0.717) is 42.3 Å². The normalized spacial score (nSPS) is 19.4. The highest BCUT2D eigenvalue weighted by molar-refractivity contribution is 6.30. The first-order valence-electron chi connectivity index (χ1n) is 13.7. The minimum absolute atomic E-state index is 0.0723. The third-order valence-corrected chi connectivity index (χ3v) is 8.40. The molecule has 7 nitrogen and oxygen atoms in total. The minimum atomic E-state index is -0.703. The molecule has 0 bridgehead atoms. The topological polar surface area (TPSA) is 73.0 Å². The molecule has 204 valence electrons. The van der Waals surface area contributed by atoms with Gasteiger partial charge in [-0.2, -0.15) is 0 Å². The molecule has 0 aromatic heterocycles. The van der Waals surface area contributed by atoms with Crippen LogP contribution in [-0.2, 0) is 29.0 Å². The summed E-state index contributed by atoms with van der Waals surface area (Å²) in [6.07, 6.45) is 1.17. The third kappa shape index (κ3) is 4.75. The number of halogens is 1. The van der Waals surface area contributed by atoms with E-state index in [-0.39, 0.29) is 24.4 Å². The molecule has 2 atom stereocenters. The van der Waals surface area contributed by atoms with E-state index < -0.39 is 12.1 Å². The second-order valence-corrected chi connectivity index (χ2v) is 10.9. The largest absolute Gasteiger partial charge is 0.336 e. The third-order valence-electron chi connectivity index (χ3n) is 8.14. The number of carbonyl (C=O) groups is 3. The maximum atomic E-state index is 14.3. The fraction of sp³-hybridized carbons (Fsp3) is 0.281. The van der Waals surface area contributed by atoms with Gasteiger partial charge in [-0.15, -0.1) is 0 Å². The Morgan fingerprint density at radius 2 is 1.65 bits per heavy atom. The van der Waals surface area contributed by atoms with E-state index in [1.165, 1.54) is 5.56 Å². The zero-order valence-electron chi connectivity index (χ0n) is 22.3. The number of likely N-dealkylation sites (N-methyl/N-ethyl adjacent to an activating group) is 1. The van der Waals surface area contributed by atoms with Crippen LogP contribution in [0, 0.1) is 0 Å². The first kappa shape index (κ1) is 26.1. The molecular weight excluding hydrogens is 524 g/mol. The van der Waals surface area contributed by atoms with E-state index in [0.717, 1.165) is 23.1 Å². The Morgan fingerprint density at radius 1 is 0.950 bits per heavy atom. The van der Waals surface area contributed by atoms with Crippen molar-refractivity contribution in [3.8, 4) is 0 Å². The number of hydrogen-bond acceptors (Lipinski definition) is 3. The highest BCUT2D eigenvalue weighted by Gasteiger charge is 2.47. The van der Waals surface area contributed by atoms with Gasteiger partial charge in [-0.3, -0.25) is 14.5 Å². The Hall–Kier alpha value is -4.10. The number of urea groups is 1. The lowest BCUT2D eigenvalue weighted by Gasteiger charge is -2.35. The Labute approximate surface area is 239 Å².